The van der Waals surface area contributed by atoms with Crippen molar-refractivity contribution in [2.75, 3.05) is 38.2 Å². The normalized spacial score (nSPS) is 11.4. The molecule has 1 amide bonds. The van der Waals surface area contributed by atoms with E-state index in [-0.39, 0.29) is 5.91 Å². The monoisotopic (exact) mass is 541 g/mol. The van der Waals surface area contributed by atoms with Gasteiger partial charge in [0.15, 0.2) is 0 Å². The first-order valence-electron chi connectivity index (χ1n) is 13.6. The van der Waals surface area contributed by atoms with Gasteiger partial charge in [-0.05, 0) is 57.1 Å². The Bertz CT molecular complexity index is 1610. The second kappa shape index (κ2) is 12.7. The van der Waals surface area contributed by atoms with Gasteiger partial charge in [-0.15, -0.1) is 0 Å². The molecule has 0 aliphatic heterocycles. The molecule has 0 unspecified atom stereocenters. The van der Waals surface area contributed by atoms with Crippen LogP contribution in [0.5, 0.6) is 5.75 Å². The van der Waals surface area contributed by atoms with Crippen LogP contribution in [0.15, 0.2) is 60.9 Å². The fourth-order valence-corrected chi connectivity index (χ4v) is 4.66. The predicted octanol–water partition coefficient (Wildman–Crippen LogP) is 4.39. The standard InChI is InChI=1S/C30H35N7O3/c1-4-12-31-13-15-39-16-17-40-24-11-14-36-27(19-32-28(36)18-24)30(38)34-25-9-6-10-26-29(25)22(3)35-37(26)20-23-8-5-7-21(2)33-23/h5-11,14,18-19,31H,4,12-13,15-17,20H2,1-3H3,(H,34,38). The minimum atomic E-state index is -0.258. The first kappa shape index (κ1) is 27.3. The average molecular weight is 542 g/mol. The summed E-state index contributed by atoms with van der Waals surface area (Å²) >= 11 is 0. The molecule has 5 rings (SSSR count). The number of aromatic nitrogens is 5. The van der Waals surface area contributed by atoms with Crippen LogP contribution in [0.4, 0.5) is 5.69 Å². The summed E-state index contributed by atoms with van der Waals surface area (Å²) in [6, 6.07) is 15.4. The number of ether oxygens (including phenoxy) is 2. The van der Waals surface area contributed by atoms with Gasteiger partial charge in [-0.1, -0.05) is 19.1 Å². The van der Waals surface area contributed by atoms with Crippen LogP contribution in [-0.2, 0) is 11.3 Å². The molecular weight excluding hydrogens is 506 g/mol. The predicted molar refractivity (Wildman–Crippen MR) is 155 cm³/mol. The van der Waals surface area contributed by atoms with Crippen molar-refractivity contribution < 1.29 is 14.3 Å². The van der Waals surface area contributed by atoms with Gasteiger partial charge >= 0.3 is 0 Å². The number of rotatable bonds is 13. The quantitative estimate of drug-likeness (QED) is 0.213. The van der Waals surface area contributed by atoms with Crippen molar-refractivity contribution >= 4 is 28.1 Å². The molecule has 4 heterocycles. The van der Waals surface area contributed by atoms with E-state index in [0.717, 1.165) is 47.5 Å². The fourth-order valence-electron chi connectivity index (χ4n) is 4.66. The lowest BCUT2D eigenvalue weighted by atomic mass is 10.1. The summed E-state index contributed by atoms with van der Waals surface area (Å²) in [5.41, 5.74) is 5.41. The topological polar surface area (TPSA) is 108 Å². The third-order valence-corrected chi connectivity index (χ3v) is 6.52. The molecule has 0 aliphatic carbocycles. The number of nitrogens with one attached hydrogen (secondary N) is 2. The number of anilines is 1. The Morgan fingerprint density at radius 2 is 1.90 bits per heavy atom. The first-order valence-corrected chi connectivity index (χ1v) is 13.6. The number of hydrogen-bond donors (Lipinski definition) is 2. The van der Waals surface area contributed by atoms with Crippen molar-refractivity contribution in [1.29, 1.82) is 0 Å². The SMILES string of the molecule is CCCNCCOCCOc1ccn2c(C(=O)Nc3cccc4c3c(C)nn4Cc3cccc(C)n3)cnc2c1. The van der Waals surface area contributed by atoms with Crippen LogP contribution in [0.25, 0.3) is 16.6 Å². The number of hydrogen-bond acceptors (Lipinski definition) is 7. The van der Waals surface area contributed by atoms with Crippen LogP contribution in [0.1, 0.15) is 40.9 Å². The van der Waals surface area contributed by atoms with Crippen LogP contribution in [0, 0.1) is 13.8 Å². The number of nitrogens with zero attached hydrogens (tertiary/aromatic N) is 5. The Kier molecular flexibility index (Phi) is 8.68. The van der Waals surface area contributed by atoms with E-state index in [0.29, 0.717) is 49.1 Å². The van der Waals surface area contributed by atoms with Gasteiger partial charge in [0.25, 0.3) is 5.91 Å². The number of pyridine rings is 2. The molecule has 10 nitrogen and oxygen atoms in total. The number of fused-ring (bicyclic) bond motifs is 2. The summed E-state index contributed by atoms with van der Waals surface area (Å²) < 4.78 is 15.1. The summed E-state index contributed by atoms with van der Waals surface area (Å²) in [5, 5.41) is 12.0. The van der Waals surface area contributed by atoms with Crippen LogP contribution in [0.3, 0.4) is 0 Å². The molecule has 1 aromatic carbocycles. The first-order chi connectivity index (χ1) is 19.5. The molecule has 5 aromatic rings. The summed E-state index contributed by atoms with van der Waals surface area (Å²) in [7, 11) is 0. The molecule has 0 bridgehead atoms. The number of carbonyl (C=O) groups excluding carboxylic acids is 1. The van der Waals surface area contributed by atoms with Gasteiger partial charge in [-0.3, -0.25) is 18.9 Å². The molecule has 0 saturated heterocycles. The summed E-state index contributed by atoms with van der Waals surface area (Å²) in [6.07, 6.45) is 4.47. The number of amides is 1. The van der Waals surface area contributed by atoms with E-state index >= 15 is 0 Å². The molecule has 0 radical (unpaired) electrons. The fraction of sp³-hybridized carbons (Fsp3) is 0.333. The summed E-state index contributed by atoms with van der Waals surface area (Å²) in [4.78, 5) is 22.4. The number of imidazole rings is 1. The van der Waals surface area contributed by atoms with Crippen LogP contribution in [0.2, 0.25) is 0 Å². The lowest BCUT2D eigenvalue weighted by Gasteiger charge is -2.09. The minimum Gasteiger partial charge on any atom is -0.491 e. The van der Waals surface area contributed by atoms with Gasteiger partial charge in [0.2, 0.25) is 0 Å². The second-order valence-corrected chi connectivity index (χ2v) is 9.61. The Morgan fingerprint density at radius 1 is 1.02 bits per heavy atom. The molecule has 0 aliphatic rings. The maximum atomic E-state index is 13.3. The van der Waals surface area contributed by atoms with Gasteiger partial charge in [0, 0.05) is 29.9 Å². The maximum absolute atomic E-state index is 13.3. The highest BCUT2D eigenvalue weighted by molar-refractivity contribution is 6.08. The number of benzene rings is 1. The van der Waals surface area contributed by atoms with Crippen LogP contribution >= 0.6 is 0 Å². The lowest BCUT2D eigenvalue weighted by Crippen LogP contribution is -2.21. The van der Waals surface area contributed by atoms with Crippen molar-refractivity contribution in [3.8, 4) is 5.75 Å². The number of aryl methyl sites for hydroxylation is 2. The highest BCUT2D eigenvalue weighted by atomic mass is 16.5. The zero-order valence-corrected chi connectivity index (χ0v) is 23.2. The molecular formula is C30H35N7O3. The van der Waals surface area contributed by atoms with E-state index in [1.54, 1.807) is 16.8 Å². The Morgan fingerprint density at radius 3 is 2.75 bits per heavy atom. The van der Waals surface area contributed by atoms with E-state index in [1.165, 1.54) is 0 Å². The Hall–Kier alpha value is -4.28. The highest BCUT2D eigenvalue weighted by Crippen LogP contribution is 2.28. The van der Waals surface area contributed by atoms with E-state index < -0.39 is 0 Å². The second-order valence-electron chi connectivity index (χ2n) is 9.61. The third kappa shape index (κ3) is 6.30. The van der Waals surface area contributed by atoms with Gasteiger partial charge in [-0.2, -0.15) is 5.10 Å². The van der Waals surface area contributed by atoms with Crippen molar-refractivity contribution in [3.05, 3.63) is 83.7 Å². The molecule has 0 saturated carbocycles. The Labute approximate surface area is 233 Å². The van der Waals surface area contributed by atoms with Gasteiger partial charge in [0.05, 0.1) is 48.5 Å². The van der Waals surface area contributed by atoms with Gasteiger partial charge in [-0.25, -0.2) is 4.98 Å². The van der Waals surface area contributed by atoms with E-state index in [4.69, 9.17) is 14.6 Å². The lowest BCUT2D eigenvalue weighted by molar-refractivity contribution is 0.102. The Balaban J connectivity index is 1.25. The van der Waals surface area contributed by atoms with E-state index in [9.17, 15) is 4.79 Å². The van der Waals surface area contributed by atoms with Crippen LogP contribution in [-0.4, -0.2) is 63.0 Å². The van der Waals surface area contributed by atoms with Crippen molar-refractivity contribution in [1.82, 2.24) is 29.5 Å². The third-order valence-electron chi connectivity index (χ3n) is 6.52. The van der Waals surface area contributed by atoms with Crippen molar-refractivity contribution in [2.24, 2.45) is 0 Å². The molecule has 40 heavy (non-hydrogen) atoms. The number of carbonyl (C=O) groups is 1. The molecule has 0 spiro atoms. The molecule has 208 valence electrons. The summed E-state index contributed by atoms with van der Waals surface area (Å²) in [5.74, 6) is 0.417. The van der Waals surface area contributed by atoms with E-state index in [2.05, 4.69) is 27.5 Å². The van der Waals surface area contributed by atoms with E-state index in [1.807, 2.05) is 67.1 Å². The molecule has 0 fully saturated rings. The van der Waals surface area contributed by atoms with Gasteiger partial charge < -0.3 is 20.1 Å². The largest absolute Gasteiger partial charge is 0.491 e. The van der Waals surface area contributed by atoms with Crippen molar-refractivity contribution in [3.63, 3.8) is 0 Å². The van der Waals surface area contributed by atoms with Gasteiger partial charge in [0.1, 0.15) is 23.7 Å². The maximum Gasteiger partial charge on any atom is 0.274 e. The molecule has 2 N–H and O–H groups in total. The van der Waals surface area contributed by atoms with Crippen molar-refractivity contribution in [2.45, 2.75) is 33.7 Å². The smallest absolute Gasteiger partial charge is 0.274 e. The summed E-state index contributed by atoms with van der Waals surface area (Å²) in [6.45, 7) is 10.0. The van der Waals surface area contributed by atoms with Crippen LogP contribution < -0.4 is 15.4 Å². The average Bonchev–Trinajstić information content (AvgIpc) is 3.51. The zero-order chi connectivity index (χ0) is 27.9. The molecule has 0 atom stereocenters. The highest BCUT2D eigenvalue weighted by Gasteiger charge is 2.17. The minimum absolute atomic E-state index is 0.258. The molecule has 4 aromatic heterocycles. The zero-order valence-electron chi connectivity index (χ0n) is 23.2. The molecule has 10 heteroatoms.